The van der Waals surface area contributed by atoms with Gasteiger partial charge in [0.2, 0.25) is 0 Å². The minimum Gasteiger partial charge on any atom is -0.287 e. The van der Waals surface area contributed by atoms with E-state index in [4.69, 9.17) is 11.6 Å². The molecule has 2 nitrogen and oxygen atoms in total. The van der Waals surface area contributed by atoms with Gasteiger partial charge in [-0.05, 0) is 36.5 Å². The van der Waals surface area contributed by atoms with E-state index in [2.05, 4.69) is 15.5 Å². The van der Waals surface area contributed by atoms with Crippen LogP contribution in [0.15, 0.2) is 24.4 Å². The van der Waals surface area contributed by atoms with Gasteiger partial charge in [0.1, 0.15) is 11.0 Å². The molecule has 0 spiro atoms. The first-order chi connectivity index (χ1) is 7.86. The minimum absolute atomic E-state index is 0.573. The number of nitrogens with zero attached hydrogens (tertiary/aromatic N) is 2. The van der Waals surface area contributed by atoms with E-state index in [-0.39, 0.29) is 0 Å². The molecular weight excluding hydrogens is 240 g/mol. The fraction of sp³-hybridized carbons (Fsp3) is 0.417. The predicted molar refractivity (Wildman–Crippen MR) is 69.5 cm³/mol. The van der Waals surface area contributed by atoms with Crippen molar-refractivity contribution >= 4 is 28.9 Å². The van der Waals surface area contributed by atoms with Crippen LogP contribution < -0.4 is 0 Å². The summed E-state index contributed by atoms with van der Waals surface area (Å²) < 4.78 is 2.09. The SMILES string of the molecule is Clc1cccc2cnc(C3CCSCC3)n12. The Morgan fingerprint density at radius 3 is 2.94 bits per heavy atom. The lowest BCUT2D eigenvalue weighted by Crippen LogP contribution is -2.11. The molecule has 1 saturated heterocycles. The second kappa shape index (κ2) is 4.30. The molecule has 0 saturated carbocycles. The van der Waals surface area contributed by atoms with Crippen molar-refractivity contribution in [3.63, 3.8) is 0 Å². The van der Waals surface area contributed by atoms with Crippen molar-refractivity contribution in [2.45, 2.75) is 18.8 Å². The molecule has 84 valence electrons. The smallest absolute Gasteiger partial charge is 0.117 e. The summed E-state index contributed by atoms with van der Waals surface area (Å²) in [5, 5.41) is 0.767. The second-order valence-corrected chi connectivity index (χ2v) is 5.72. The van der Waals surface area contributed by atoms with Gasteiger partial charge in [-0.1, -0.05) is 17.7 Å². The lowest BCUT2D eigenvalue weighted by molar-refractivity contribution is 0.596. The van der Waals surface area contributed by atoms with Gasteiger partial charge in [0.25, 0.3) is 0 Å². The third kappa shape index (κ3) is 1.72. The number of aromatic nitrogens is 2. The van der Waals surface area contributed by atoms with Crippen LogP contribution in [0.5, 0.6) is 0 Å². The largest absolute Gasteiger partial charge is 0.287 e. The molecule has 3 rings (SSSR count). The number of fused-ring (bicyclic) bond motifs is 1. The topological polar surface area (TPSA) is 17.3 Å². The van der Waals surface area contributed by atoms with Crippen molar-refractivity contribution in [2.24, 2.45) is 0 Å². The van der Waals surface area contributed by atoms with Crippen LogP contribution in [0.2, 0.25) is 5.15 Å². The summed E-state index contributed by atoms with van der Waals surface area (Å²) in [6.45, 7) is 0. The van der Waals surface area contributed by atoms with Gasteiger partial charge in [-0.25, -0.2) is 4.98 Å². The van der Waals surface area contributed by atoms with Gasteiger partial charge in [-0.15, -0.1) is 0 Å². The monoisotopic (exact) mass is 252 g/mol. The standard InChI is InChI=1S/C12H13ClN2S/c13-11-3-1-2-10-8-14-12(15(10)11)9-4-6-16-7-5-9/h1-3,8-9H,4-7H2. The molecule has 0 amide bonds. The van der Waals surface area contributed by atoms with E-state index >= 15 is 0 Å². The maximum absolute atomic E-state index is 6.24. The van der Waals surface area contributed by atoms with Crippen LogP contribution in [0.1, 0.15) is 24.6 Å². The maximum atomic E-state index is 6.24. The molecule has 0 aromatic carbocycles. The Labute approximate surface area is 104 Å². The molecule has 4 heteroatoms. The van der Waals surface area contributed by atoms with Gasteiger partial charge in [0.15, 0.2) is 0 Å². The Morgan fingerprint density at radius 2 is 2.12 bits per heavy atom. The van der Waals surface area contributed by atoms with Crippen LogP contribution >= 0.6 is 23.4 Å². The Hall–Kier alpha value is -0.670. The highest BCUT2D eigenvalue weighted by atomic mass is 35.5. The maximum Gasteiger partial charge on any atom is 0.117 e. The van der Waals surface area contributed by atoms with E-state index in [1.165, 1.54) is 24.3 Å². The highest BCUT2D eigenvalue weighted by molar-refractivity contribution is 7.99. The fourth-order valence-electron chi connectivity index (χ4n) is 2.27. The van der Waals surface area contributed by atoms with Gasteiger partial charge >= 0.3 is 0 Å². The van der Waals surface area contributed by atoms with Crippen molar-refractivity contribution in [3.05, 3.63) is 35.4 Å². The third-order valence-corrected chi connectivity index (χ3v) is 4.46. The average Bonchev–Trinajstić information content (AvgIpc) is 2.75. The molecule has 2 aromatic rings. The highest BCUT2D eigenvalue weighted by Crippen LogP contribution is 2.32. The molecular formula is C12H13ClN2S. The Bertz CT molecular complexity index is 503. The number of rotatable bonds is 1. The van der Waals surface area contributed by atoms with Gasteiger partial charge in [0, 0.05) is 5.92 Å². The highest BCUT2D eigenvalue weighted by Gasteiger charge is 2.20. The quantitative estimate of drug-likeness (QED) is 0.722. The normalized spacial score (nSPS) is 18.1. The first-order valence-electron chi connectivity index (χ1n) is 5.56. The number of thioether (sulfide) groups is 1. The zero-order valence-electron chi connectivity index (χ0n) is 8.90. The molecule has 0 radical (unpaired) electrons. The second-order valence-electron chi connectivity index (χ2n) is 4.11. The molecule has 1 fully saturated rings. The van der Waals surface area contributed by atoms with Gasteiger partial charge in [0.05, 0.1) is 11.7 Å². The van der Waals surface area contributed by atoms with E-state index in [0.717, 1.165) is 16.5 Å². The molecule has 2 aromatic heterocycles. The Balaban J connectivity index is 2.09. The van der Waals surface area contributed by atoms with E-state index in [1.807, 2.05) is 30.1 Å². The van der Waals surface area contributed by atoms with Crippen LogP contribution in [0.4, 0.5) is 0 Å². The molecule has 3 heterocycles. The number of hydrogen-bond acceptors (Lipinski definition) is 2. The Morgan fingerprint density at radius 1 is 1.31 bits per heavy atom. The zero-order valence-corrected chi connectivity index (χ0v) is 10.5. The number of halogens is 1. The lowest BCUT2D eigenvalue weighted by atomic mass is 10.0. The molecule has 1 aliphatic rings. The van der Waals surface area contributed by atoms with Crippen molar-refractivity contribution in [3.8, 4) is 0 Å². The summed E-state index contributed by atoms with van der Waals surface area (Å²) in [7, 11) is 0. The first-order valence-corrected chi connectivity index (χ1v) is 7.09. The molecule has 0 N–H and O–H groups in total. The summed E-state index contributed by atoms with van der Waals surface area (Å²) in [6, 6.07) is 5.96. The van der Waals surface area contributed by atoms with E-state index < -0.39 is 0 Å². The summed E-state index contributed by atoms with van der Waals surface area (Å²) in [6.07, 6.45) is 4.35. The Kier molecular flexibility index (Phi) is 2.82. The van der Waals surface area contributed by atoms with E-state index in [9.17, 15) is 0 Å². The van der Waals surface area contributed by atoms with Gasteiger partial charge in [-0.3, -0.25) is 4.40 Å². The van der Waals surface area contributed by atoms with Crippen LogP contribution in [0.25, 0.3) is 5.52 Å². The van der Waals surface area contributed by atoms with Crippen LogP contribution in [-0.4, -0.2) is 20.9 Å². The summed E-state index contributed by atoms with van der Waals surface area (Å²) in [5.74, 6) is 4.19. The summed E-state index contributed by atoms with van der Waals surface area (Å²) >= 11 is 8.28. The average molecular weight is 253 g/mol. The van der Waals surface area contributed by atoms with Crippen molar-refractivity contribution < 1.29 is 0 Å². The predicted octanol–water partition coefficient (Wildman–Crippen LogP) is 3.60. The molecule has 0 aliphatic carbocycles. The minimum atomic E-state index is 0.573. The van der Waals surface area contributed by atoms with Crippen LogP contribution in [0.3, 0.4) is 0 Å². The number of imidazole rings is 1. The van der Waals surface area contributed by atoms with E-state index in [0.29, 0.717) is 5.92 Å². The molecule has 0 atom stereocenters. The molecule has 16 heavy (non-hydrogen) atoms. The first kappa shape index (κ1) is 10.5. The van der Waals surface area contributed by atoms with E-state index in [1.54, 1.807) is 0 Å². The third-order valence-electron chi connectivity index (χ3n) is 3.12. The summed E-state index contributed by atoms with van der Waals surface area (Å²) in [4.78, 5) is 4.55. The van der Waals surface area contributed by atoms with Crippen molar-refractivity contribution in [2.75, 3.05) is 11.5 Å². The fourth-order valence-corrected chi connectivity index (χ4v) is 3.64. The van der Waals surface area contributed by atoms with Crippen LogP contribution in [-0.2, 0) is 0 Å². The lowest BCUT2D eigenvalue weighted by Gasteiger charge is -2.20. The number of hydrogen-bond donors (Lipinski definition) is 0. The van der Waals surface area contributed by atoms with Gasteiger partial charge < -0.3 is 0 Å². The molecule has 0 unspecified atom stereocenters. The molecule has 0 bridgehead atoms. The van der Waals surface area contributed by atoms with Crippen LogP contribution in [0, 0.1) is 0 Å². The van der Waals surface area contributed by atoms with Gasteiger partial charge in [-0.2, -0.15) is 11.8 Å². The van der Waals surface area contributed by atoms with Crippen molar-refractivity contribution in [1.82, 2.24) is 9.38 Å². The summed E-state index contributed by atoms with van der Waals surface area (Å²) in [5.41, 5.74) is 1.10. The molecule has 1 aliphatic heterocycles. The number of pyridine rings is 1. The van der Waals surface area contributed by atoms with Crippen molar-refractivity contribution in [1.29, 1.82) is 0 Å². The zero-order chi connectivity index (χ0) is 11.0.